The SMILES string of the molecule is CC(=O)c1cc2c(cc1NC(=O)CNc1ccc(CC(=O)NC(C)C)cc1)OCO2. The van der Waals surface area contributed by atoms with Crippen molar-refractivity contribution in [2.45, 2.75) is 33.2 Å². The van der Waals surface area contributed by atoms with E-state index in [2.05, 4.69) is 16.0 Å². The molecule has 3 rings (SSSR count). The van der Waals surface area contributed by atoms with Crippen LogP contribution in [-0.2, 0) is 16.0 Å². The highest BCUT2D eigenvalue weighted by Crippen LogP contribution is 2.37. The number of carbonyl (C=O) groups excluding carboxylic acids is 3. The summed E-state index contributed by atoms with van der Waals surface area (Å²) in [7, 11) is 0. The quantitative estimate of drug-likeness (QED) is 0.577. The predicted octanol–water partition coefficient (Wildman–Crippen LogP) is 2.74. The highest BCUT2D eigenvalue weighted by molar-refractivity contribution is 6.05. The lowest BCUT2D eigenvalue weighted by atomic mass is 10.1. The second-order valence-electron chi connectivity index (χ2n) is 7.30. The summed E-state index contributed by atoms with van der Waals surface area (Å²) < 4.78 is 10.6. The first-order chi connectivity index (χ1) is 14.3. The first-order valence-corrected chi connectivity index (χ1v) is 9.68. The Morgan fingerprint density at radius 3 is 2.30 bits per heavy atom. The van der Waals surface area contributed by atoms with Gasteiger partial charge in [-0.2, -0.15) is 0 Å². The summed E-state index contributed by atoms with van der Waals surface area (Å²) in [5.74, 6) is 0.444. The number of fused-ring (bicyclic) bond motifs is 1. The minimum absolute atomic E-state index is 0.0129. The molecule has 0 atom stereocenters. The van der Waals surface area contributed by atoms with E-state index >= 15 is 0 Å². The Morgan fingerprint density at radius 2 is 1.67 bits per heavy atom. The second-order valence-corrected chi connectivity index (χ2v) is 7.30. The summed E-state index contributed by atoms with van der Waals surface area (Å²) in [5.41, 5.74) is 2.37. The molecule has 0 aliphatic carbocycles. The zero-order valence-corrected chi connectivity index (χ0v) is 17.2. The summed E-state index contributed by atoms with van der Waals surface area (Å²) in [6, 6.07) is 10.6. The van der Waals surface area contributed by atoms with Gasteiger partial charge in [-0.15, -0.1) is 0 Å². The van der Waals surface area contributed by atoms with Crippen LogP contribution in [0.2, 0.25) is 0 Å². The van der Waals surface area contributed by atoms with Crippen LogP contribution in [0.5, 0.6) is 11.5 Å². The monoisotopic (exact) mass is 411 g/mol. The van der Waals surface area contributed by atoms with Crippen LogP contribution < -0.4 is 25.4 Å². The van der Waals surface area contributed by atoms with Crippen molar-refractivity contribution in [1.29, 1.82) is 0 Å². The molecule has 1 aliphatic rings. The third-order valence-corrected chi connectivity index (χ3v) is 4.39. The molecule has 1 aliphatic heterocycles. The van der Waals surface area contributed by atoms with Gasteiger partial charge in [0.05, 0.1) is 18.7 Å². The Kier molecular flexibility index (Phi) is 6.56. The van der Waals surface area contributed by atoms with Gasteiger partial charge in [0, 0.05) is 23.4 Å². The zero-order chi connectivity index (χ0) is 21.7. The van der Waals surface area contributed by atoms with Crippen molar-refractivity contribution < 1.29 is 23.9 Å². The molecule has 0 saturated heterocycles. The fourth-order valence-electron chi connectivity index (χ4n) is 3.01. The molecule has 0 fully saturated rings. The van der Waals surface area contributed by atoms with E-state index in [1.54, 1.807) is 12.1 Å². The fraction of sp³-hybridized carbons (Fsp3) is 0.318. The summed E-state index contributed by atoms with van der Waals surface area (Å²) in [6.45, 7) is 5.35. The topological polar surface area (TPSA) is 106 Å². The van der Waals surface area contributed by atoms with E-state index in [-0.39, 0.29) is 37.0 Å². The van der Waals surface area contributed by atoms with Gasteiger partial charge in [0.25, 0.3) is 0 Å². The lowest BCUT2D eigenvalue weighted by Crippen LogP contribution is -2.31. The maximum Gasteiger partial charge on any atom is 0.243 e. The number of carbonyl (C=O) groups is 3. The molecule has 2 amide bonds. The van der Waals surface area contributed by atoms with Crippen molar-refractivity contribution in [1.82, 2.24) is 5.32 Å². The molecule has 0 saturated carbocycles. The molecule has 30 heavy (non-hydrogen) atoms. The number of hydrogen-bond donors (Lipinski definition) is 3. The van der Waals surface area contributed by atoms with Crippen LogP contribution in [0, 0.1) is 0 Å². The Morgan fingerprint density at radius 1 is 1.00 bits per heavy atom. The normalized spacial score (nSPS) is 11.9. The third kappa shape index (κ3) is 5.50. The van der Waals surface area contributed by atoms with E-state index in [0.29, 0.717) is 29.2 Å². The molecule has 158 valence electrons. The minimum Gasteiger partial charge on any atom is -0.454 e. The van der Waals surface area contributed by atoms with Crippen LogP contribution in [0.1, 0.15) is 36.7 Å². The Labute approximate surface area is 174 Å². The van der Waals surface area contributed by atoms with E-state index in [1.165, 1.54) is 6.92 Å². The van der Waals surface area contributed by atoms with Crippen LogP contribution in [-0.4, -0.2) is 37.0 Å². The number of hydrogen-bond acceptors (Lipinski definition) is 6. The Balaban J connectivity index is 1.56. The number of benzene rings is 2. The minimum atomic E-state index is -0.309. The van der Waals surface area contributed by atoms with E-state index in [4.69, 9.17) is 9.47 Å². The van der Waals surface area contributed by atoms with Crippen LogP contribution in [0.3, 0.4) is 0 Å². The van der Waals surface area contributed by atoms with Gasteiger partial charge >= 0.3 is 0 Å². The van der Waals surface area contributed by atoms with Crippen molar-refractivity contribution in [3.05, 3.63) is 47.5 Å². The molecule has 1 heterocycles. The highest BCUT2D eigenvalue weighted by Gasteiger charge is 2.20. The molecule has 0 spiro atoms. The van der Waals surface area contributed by atoms with Crippen LogP contribution in [0.25, 0.3) is 0 Å². The highest BCUT2D eigenvalue weighted by atomic mass is 16.7. The standard InChI is InChI=1S/C22H25N3O5/c1-13(2)24-21(27)8-15-4-6-16(7-5-15)23-11-22(28)25-18-10-20-19(29-12-30-20)9-17(18)14(3)26/h4-7,9-10,13,23H,8,11-12H2,1-3H3,(H,24,27)(H,25,28). The van der Waals surface area contributed by atoms with Gasteiger partial charge in [0.1, 0.15) is 0 Å². The number of amides is 2. The zero-order valence-electron chi connectivity index (χ0n) is 17.2. The van der Waals surface area contributed by atoms with Gasteiger partial charge < -0.3 is 25.4 Å². The summed E-state index contributed by atoms with van der Waals surface area (Å²) in [6.07, 6.45) is 0.302. The van der Waals surface area contributed by atoms with Crippen molar-refractivity contribution >= 4 is 29.0 Å². The first-order valence-electron chi connectivity index (χ1n) is 9.68. The van der Waals surface area contributed by atoms with Gasteiger partial charge in [-0.3, -0.25) is 14.4 Å². The number of Topliss-reactive ketones (excluding diaryl/α,β-unsaturated/α-hetero) is 1. The molecular formula is C22H25N3O5. The average molecular weight is 411 g/mol. The van der Waals surface area contributed by atoms with Gasteiger partial charge in [-0.1, -0.05) is 12.1 Å². The van der Waals surface area contributed by atoms with Crippen molar-refractivity contribution in [2.24, 2.45) is 0 Å². The number of nitrogens with one attached hydrogen (secondary N) is 3. The lowest BCUT2D eigenvalue weighted by molar-refractivity contribution is -0.121. The van der Waals surface area contributed by atoms with Crippen LogP contribution in [0.15, 0.2) is 36.4 Å². The van der Waals surface area contributed by atoms with Gasteiger partial charge in [-0.05, 0) is 44.5 Å². The molecular weight excluding hydrogens is 386 g/mol. The first kappa shape index (κ1) is 21.2. The number of ketones is 1. The molecule has 0 radical (unpaired) electrons. The van der Waals surface area contributed by atoms with E-state index < -0.39 is 0 Å². The molecule has 3 N–H and O–H groups in total. The maximum absolute atomic E-state index is 12.4. The van der Waals surface area contributed by atoms with E-state index in [1.807, 2.05) is 38.1 Å². The molecule has 2 aromatic rings. The number of rotatable bonds is 8. The molecule has 2 aromatic carbocycles. The third-order valence-electron chi connectivity index (χ3n) is 4.39. The Bertz CT molecular complexity index is 954. The van der Waals surface area contributed by atoms with Crippen molar-refractivity contribution in [3.8, 4) is 11.5 Å². The predicted molar refractivity (Wildman–Crippen MR) is 113 cm³/mol. The summed E-state index contributed by atoms with van der Waals surface area (Å²) >= 11 is 0. The summed E-state index contributed by atoms with van der Waals surface area (Å²) in [5, 5.41) is 8.61. The largest absolute Gasteiger partial charge is 0.454 e. The number of anilines is 2. The van der Waals surface area contributed by atoms with E-state index in [0.717, 1.165) is 11.3 Å². The smallest absolute Gasteiger partial charge is 0.243 e. The van der Waals surface area contributed by atoms with E-state index in [9.17, 15) is 14.4 Å². The van der Waals surface area contributed by atoms with Gasteiger partial charge in [0.15, 0.2) is 17.3 Å². The fourth-order valence-corrected chi connectivity index (χ4v) is 3.01. The Hall–Kier alpha value is -3.55. The molecule has 0 aromatic heterocycles. The van der Waals surface area contributed by atoms with Gasteiger partial charge in [-0.25, -0.2) is 0 Å². The molecule has 8 heteroatoms. The van der Waals surface area contributed by atoms with Gasteiger partial charge in [0.2, 0.25) is 18.6 Å². The van der Waals surface area contributed by atoms with Crippen LogP contribution in [0.4, 0.5) is 11.4 Å². The van der Waals surface area contributed by atoms with Crippen molar-refractivity contribution in [2.75, 3.05) is 24.0 Å². The van der Waals surface area contributed by atoms with Crippen molar-refractivity contribution in [3.63, 3.8) is 0 Å². The molecule has 0 bridgehead atoms. The average Bonchev–Trinajstić information content (AvgIpc) is 3.13. The molecule has 8 nitrogen and oxygen atoms in total. The summed E-state index contributed by atoms with van der Waals surface area (Å²) in [4.78, 5) is 36.1. The molecule has 0 unspecified atom stereocenters. The number of ether oxygens (including phenoxy) is 2. The van der Waals surface area contributed by atoms with Crippen LogP contribution >= 0.6 is 0 Å². The lowest BCUT2D eigenvalue weighted by Gasteiger charge is -2.12. The second kappa shape index (κ2) is 9.30. The maximum atomic E-state index is 12.4.